The summed E-state index contributed by atoms with van der Waals surface area (Å²) in [5, 5.41) is 3.02. The van der Waals surface area contributed by atoms with Crippen molar-refractivity contribution in [1.29, 1.82) is 0 Å². The first kappa shape index (κ1) is 19.9. The number of anilines is 1. The van der Waals surface area contributed by atoms with Crippen molar-refractivity contribution >= 4 is 22.6 Å². The van der Waals surface area contributed by atoms with E-state index < -0.39 is 0 Å². The lowest BCUT2D eigenvalue weighted by Crippen LogP contribution is -2.26. The highest BCUT2D eigenvalue weighted by Crippen LogP contribution is 2.23. The molecule has 2 aromatic rings. The van der Waals surface area contributed by atoms with Crippen LogP contribution in [-0.2, 0) is 17.9 Å². The molecule has 27 heavy (non-hydrogen) atoms. The van der Waals surface area contributed by atoms with Gasteiger partial charge in [0.15, 0.2) is 0 Å². The van der Waals surface area contributed by atoms with Gasteiger partial charge in [-0.2, -0.15) is 0 Å². The number of hydrogen-bond donors (Lipinski definition) is 1. The van der Waals surface area contributed by atoms with E-state index in [1.807, 2.05) is 12.1 Å². The number of nitrogens with zero attached hydrogens (tertiary/aromatic N) is 3. The van der Waals surface area contributed by atoms with Gasteiger partial charge in [0, 0.05) is 18.7 Å². The molecule has 0 spiro atoms. The van der Waals surface area contributed by atoms with Gasteiger partial charge in [-0.05, 0) is 57.0 Å². The zero-order chi connectivity index (χ0) is 19.1. The summed E-state index contributed by atoms with van der Waals surface area (Å²) in [6.45, 7) is 8.58. The normalized spacial score (nSPS) is 15.8. The molecule has 0 unspecified atom stereocenters. The summed E-state index contributed by atoms with van der Waals surface area (Å²) in [6.07, 6.45) is 8.93. The first-order chi connectivity index (χ1) is 13.2. The van der Waals surface area contributed by atoms with Crippen LogP contribution in [0.4, 0.5) is 5.69 Å². The molecule has 1 aromatic carbocycles. The van der Waals surface area contributed by atoms with E-state index in [1.165, 1.54) is 44.3 Å². The first-order valence-electron chi connectivity index (χ1n) is 10.7. The minimum Gasteiger partial charge on any atom is -0.327 e. The maximum atomic E-state index is 12.0. The standard InChI is InChI=1S/C22H34N4O/c1-3-5-10-22(27)23-18-11-12-20-19(16-18)24-21(26(20)13-4-2)17-25-14-8-6-7-9-15-25/h11-12,16H,3-10,13-15,17H2,1-2H3,(H,23,27). The molecule has 1 saturated heterocycles. The number of benzene rings is 1. The number of imidazole rings is 1. The smallest absolute Gasteiger partial charge is 0.224 e. The van der Waals surface area contributed by atoms with E-state index in [2.05, 4.69) is 34.7 Å². The van der Waals surface area contributed by atoms with E-state index in [0.717, 1.165) is 49.4 Å². The van der Waals surface area contributed by atoms with Gasteiger partial charge in [-0.15, -0.1) is 0 Å². The minimum atomic E-state index is 0.0916. The van der Waals surface area contributed by atoms with Crippen LogP contribution >= 0.6 is 0 Å². The van der Waals surface area contributed by atoms with E-state index in [4.69, 9.17) is 4.98 Å². The number of aromatic nitrogens is 2. The van der Waals surface area contributed by atoms with Gasteiger partial charge in [0.1, 0.15) is 5.82 Å². The molecule has 1 N–H and O–H groups in total. The molecule has 0 bridgehead atoms. The van der Waals surface area contributed by atoms with Crippen molar-refractivity contribution in [3.63, 3.8) is 0 Å². The second kappa shape index (κ2) is 9.88. The topological polar surface area (TPSA) is 50.2 Å². The maximum Gasteiger partial charge on any atom is 0.224 e. The van der Waals surface area contributed by atoms with Crippen LogP contribution in [0.15, 0.2) is 18.2 Å². The molecule has 0 aliphatic carbocycles. The molecular formula is C22H34N4O. The van der Waals surface area contributed by atoms with Crippen LogP contribution in [0, 0.1) is 0 Å². The third kappa shape index (κ3) is 5.32. The number of carbonyl (C=O) groups excluding carboxylic acids is 1. The second-order valence-corrected chi connectivity index (χ2v) is 7.73. The van der Waals surface area contributed by atoms with E-state index >= 15 is 0 Å². The first-order valence-corrected chi connectivity index (χ1v) is 10.7. The minimum absolute atomic E-state index is 0.0916. The summed E-state index contributed by atoms with van der Waals surface area (Å²) in [7, 11) is 0. The Kier molecular flexibility index (Phi) is 7.27. The molecule has 1 aromatic heterocycles. The number of nitrogens with one attached hydrogen (secondary N) is 1. The molecule has 1 aliphatic rings. The van der Waals surface area contributed by atoms with Gasteiger partial charge >= 0.3 is 0 Å². The lowest BCUT2D eigenvalue weighted by atomic mass is 10.2. The highest BCUT2D eigenvalue weighted by molar-refractivity contribution is 5.93. The average Bonchev–Trinajstić information content (AvgIpc) is 2.82. The fourth-order valence-electron chi connectivity index (χ4n) is 3.91. The summed E-state index contributed by atoms with van der Waals surface area (Å²) < 4.78 is 2.36. The third-order valence-corrected chi connectivity index (χ3v) is 5.38. The van der Waals surface area contributed by atoms with Crippen molar-refractivity contribution < 1.29 is 4.79 Å². The summed E-state index contributed by atoms with van der Waals surface area (Å²) in [5.74, 6) is 1.25. The van der Waals surface area contributed by atoms with Gasteiger partial charge in [-0.1, -0.05) is 33.1 Å². The van der Waals surface area contributed by atoms with Crippen LogP contribution in [0.3, 0.4) is 0 Å². The Labute approximate surface area is 163 Å². The predicted octanol–water partition coefficient (Wildman–Crippen LogP) is 4.95. The van der Waals surface area contributed by atoms with Crippen molar-refractivity contribution in [2.24, 2.45) is 0 Å². The monoisotopic (exact) mass is 370 g/mol. The van der Waals surface area contributed by atoms with Gasteiger partial charge < -0.3 is 9.88 Å². The predicted molar refractivity (Wildman–Crippen MR) is 112 cm³/mol. The van der Waals surface area contributed by atoms with Gasteiger partial charge in [0.2, 0.25) is 5.91 Å². The Hall–Kier alpha value is -1.88. The van der Waals surface area contributed by atoms with E-state index in [0.29, 0.717) is 6.42 Å². The number of rotatable bonds is 8. The Morgan fingerprint density at radius 1 is 1.11 bits per heavy atom. The number of hydrogen-bond acceptors (Lipinski definition) is 3. The lowest BCUT2D eigenvalue weighted by molar-refractivity contribution is -0.116. The number of amides is 1. The van der Waals surface area contributed by atoms with Gasteiger partial charge in [0.25, 0.3) is 0 Å². The summed E-state index contributed by atoms with van der Waals surface area (Å²) in [5.41, 5.74) is 3.01. The quantitative estimate of drug-likeness (QED) is 0.715. The van der Waals surface area contributed by atoms with Crippen molar-refractivity contribution in [3.8, 4) is 0 Å². The van der Waals surface area contributed by atoms with E-state index in [-0.39, 0.29) is 5.91 Å². The Morgan fingerprint density at radius 2 is 1.89 bits per heavy atom. The molecule has 0 saturated carbocycles. The van der Waals surface area contributed by atoms with Crippen molar-refractivity contribution in [3.05, 3.63) is 24.0 Å². The highest BCUT2D eigenvalue weighted by Gasteiger charge is 2.16. The summed E-state index contributed by atoms with van der Waals surface area (Å²) in [6, 6.07) is 6.15. The Morgan fingerprint density at radius 3 is 2.59 bits per heavy atom. The molecule has 0 atom stereocenters. The molecule has 1 aliphatic heterocycles. The van der Waals surface area contributed by atoms with Crippen LogP contribution in [0.1, 0.15) is 71.0 Å². The molecular weight excluding hydrogens is 336 g/mol. The van der Waals surface area contributed by atoms with Gasteiger partial charge in [-0.25, -0.2) is 4.98 Å². The lowest BCUT2D eigenvalue weighted by Gasteiger charge is -2.20. The third-order valence-electron chi connectivity index (χ3n) is 5.38. The van der Waals surface area contributed by atoms with Crippen LogP contribution in [0.25, 0.3) is 11.0 Å². The largest absolute Gasteiger partial charge is 0.327 e. The van der Waals surface area contributed by atoms with Crippen molar-refractivity contribution in [2.45, 2.75) is 78.3 Å². The molecule has 5 nitrogen and oxygen atoms in total. The Bertz CT molecular complexity index is 744. The number of unbranched alkanes of at least 4 members (excludes halogenated alkanes) is 1. The summed E-state index contributed by atoms with van der Waals surface area (Å²) in [4.78, 5) is 19.5. The average molecular weight is 371 g/mol. The van der Waals surface area contributed by atoms with Crippen molar-refractivity contribution in [2.75, 3.05) is 18.4 Å². The molecule has 3 rings (SSSR count). The van der Waals surface area contributed by atoms with Crippen LogP contribution in [0.5, 0.6) is 0 Å². The zero-order valence-corrected chi connectivity index (χ0v) is 17.0. The number of likely N-dealkylation sites (tertiary alicyclic amines) is 1. The van der Waals surface area contributed by atoms with Gasteiger partial charge in [-0.3, -0.25) is 9.69 Å². The molecule has 0 radical (unpaired) electrons. The summed E-state index contributed by atoms with van der Waals surface area (Å²) >= 11 is 0. The zero-order valence-electron chi connectivity index (χ0n) is 17.0. The highest BCUT2D eigenvalue weighted by atomic mass is 16.1. The molecule has 1 amide bonds. The van der Waals surface area contributed by atoms with Gasteiger partial charge in [0.05, 0.1) is 17.6 Å². The number of aryl methyl sites for hydroxylation is 1. The number of fused-ring (bicyclic) bond motifs is 1. The van der Waals surface area contributed by atoms with E-state index in [1.54, 1.807) is 0 Å². The van der Waals surface area contributed by atoms with Crippen molar-refractivity contribution in [1.82, 2.24) is 14.5 Å². The molecule has 2 heterocycles. The van der Waals surface area contributed by atoms with E-state index in [9.17, 15) is 4.79 Å². The fourth-order valence-corrected chi connectivity index (χ4v) is 3.91. The Balaban J connectivity index is 1.80. The SMILES string of the molecule is CCCCC(=O)Nc1ccc2c(c1)nc(CN1CCCCCC1)n2CCC. The molecule has 5 heteroatoms. The number of carbonyl (C=O) groups is 1. The molecule has 1 fully saturated rings. The van der Waals surface area contributed by atoms with Crippen LogP contribution < -0.4 is 5.32 Å². The maximum absolute atomic E-state index is 12.0. The second-order valence-electron chi connectivity index (χ2n) is 7.73. The van der Waals surface area contributed by atoms with Crippen LogP contribution in [-0.4, -0.2) is 33.4 Å². The molecule has 148 valence electrons. The van der Waals surface area contributed by atoms with Crippen LogP contribution in [0.2, 0.25) is 0 Å². The fraction of sp³-hybridized carbons (Fsp3) is 0.636.